The highest BCUT2D eigenvalue weighted by Crippen LogP contribution is 2.23. The molecule has 0 aromatic heterocycles. The van der Waals surface area contributed by atoms with Gasteiger partial charge < -0.3 is 16.4 Å². The minimum Gasteiger partial charge on any atom is -0.368 e. The Morgan fingerprint density at radius 3 is 2.47 bits per heavy atom. The van der Waals surface area contributed by atoms with Gasteiger partial charge in [0, 0.05) is 6.04 Å². The molecule has 0 saturated heterocycles. The van der Waals surface area contributed by atoms with Gasteiger partial charge in [-0.1, -0.05) is 18.9 Å². The molecule has 17 heavy (non-hydrogen) atoms. The molecule has 0 aromatic carbocycles. The van der Waals surface area contributed by atoms with Crippen LogP contribution in [0.2, 0.25) is 0 Å². The quantitative estimate of drug-likeness (QED) is 0.646. The molecule has 0 aliphatic heterocycles. The first kappa shape index (κ1) is 13.7. The molecule has 2 amide bonds. The van der Waals surface area contributed by atoms with Gasteiger partial charge in [-0.25, -0.2) is 0 Å². The van der Waals surface area contributed by atoms with Crippen LogP contribution in [-0.2, 0) is 9.59 Å². The minimum absolute atomic E-state index is 0.0334. The Morgan fingerprint density at radius 1 is 1.41 bits per heavy atom. The molecule has 0 bridgehead atoms. The first-order chi connectivity index (χ1) is 8.06. The van der Waals surface area contributed by atoms with Crippen LogP contribution in [0, 0.1) is 0 Å². The molecule has 4 N–H and O–H groups in total. The Kier molecular flexibility index (Phi) is 5.15. The predicted molar refractivity (Wildman–Crippen MR) is 66.0 cm³/mol. The number of carbonyl (C=O) groups excluding carboxylic acids is 2. The lowest BCUT2D eigenvalue weighted by Crippen LogP contribution is -2.50. The monoisotopic (exact) mass is 239 g/mol. The third-order valence-corrected chi connectivity index (χ3v) is 3.11. The van der Waals surface area contributed by atoms with E-state index in [4.69, 9.17) is 11.5 Å². The molecule has 1 aliphatic carbocycles. The van der Waals surface area contributed by atoms with E-state index in [1.807, 2.05) is 0 Å². The van der Waals surface area contributed by atoms with Gasteiger partial charge in [-0.15, -0.1) is 6.58 Å². The van der Waals surface area contributed by atoms with E-state index in [2.05, 4.69) is 6.58 Å². The zero-order valence-corrected chi connectivity index (χ0v) is 10.1. The summed E-state index contributed by atoms with van der Waals surface area (Å²) < 4.78 is 0. The molecule has 1 unspecified atom stereocenters. The maximum Gasteiger partial charge on any atom is 0.240 e. The Bertz CT molecular complexity index is 298. The molecule has 5 heteroatoms. The van der Waals surface area contributed by atoms with Crippen LogP contribution in [0.1, 0.15) is 32.1 Å². The number of hydrogen-bond donors (Lipinski definition) is 2. The summed E-state index contributed by atoms with van der Waals surface area (Å²) in [5.74, 6) is -0.688. The molecular formula is C12H21N3O2. The number of rotatable bonds is 6. The highest BCUT2D eigenvalue weighted by atomic mass is 16.2. The Hall–Kier alpha value is -1.36. The van der Waals surface area contributed by atoms with Crippen LogP contribution in [0.5, 0.6) is 0 Å². The molecule has 1 rings (SSSR count). The predicted octanol–water partition coefficient (Wildman–Crippen LogP) is 0.146. The summed E-state index contributed by atoms with van der Waals surface area (Å²) in [6.07, 6.45) is 6.06. The van der Waals surface area contributed by atoms with Crippen LogP contribution >= 0.6 is 0 Å². The van der Waals surface area contributed by atoms with Gasteiger partial charge in [0.15, 0.2) is 0 Å². The fraction of sp³-hybridized carbons (Fsp3) is 0.667. The summed E-state index contributed by atoms with van der Waals surface area (Å²) in [4.78, 5) is 24.7. The van der Waals surface area contributed by atoms with Crippen molar-refractivity contribution in [3.8, 4) is 0 Å². The number of carbonyl (C=O) groups is 2. The second kappa shape index (κ2) is 6.39. The third kappa shape index (κ3) is 3.85. The van der Waals surface area contributed by atoms with Gasteiger partial charge in [0.2, 0.25) is 11.8 Å². The molecule has 5 nitrogen and oxygen atoms in total. The number of hydrogen-bond acceptors (Lipinski definition) is 3. The SMILES string of the molecule is C=CCC(N)C(=O)N(CC(N)=O)C1CCCC1. The molecule has 0 aromatic rings. The molecule has 0 heterocycles. The van der Waals surface area contributed by atoms with Crippen molar-refractivity contribution in [2.24, 2.45) is 11.5 Å². The maximum atomic E-state index is 12.1. The summed E-state index contributed by atoms with van der Waals surface area (Å²) in [7, 11) is 0. The van der Waals surface area contributed by atoms with E-state index in [0.717, 1.165) is 25.7 Å². The van der Waals surface area contributed by atoms with E-state index < -0.39 is 11.9 Å². The van der Waals surface area contributed by atoms with Gasteiger partial charge in [-0.2, -0.15) is 0 Å². The minimum atomic E-state index is -0.618. The zero-order valence-electron chi connectivity index (χ0n) is 10.1. The average Bonchev–Trinajstić information content (AvgIpc) is 2.78. The van der Waals surface area contributed by atoms with Crippen LogP contribution < -0.4 is 11.5 Å². The summed E-state index contributed by atoms with van der Waals surface area (Å²) >= 11 is 0. The molecule has 0 spiro atoms. The van der Waals surface area contributed by atoms with Crippen molar-refractivity contribution < 1.29 is 9.59 Å². The smallest absolute Gasteiger partial charge is 0.240 e. The Balaban J connectivity index is 2.70. The van der Waals surface area contributed by atoms with Crippen LogP contribution in [0.4, 0.5) is 0 Å². The molecular weight excluding hydrogens is 218 g/mol. The largest absolute Gasteiger partial charge is 0.368 e. The normalized spacial score (nSPS) is 17.7. The van der Waals surface area contributed by atoms with E-state index in [-0.39, 0.29) is 18.5 Å². The Morgan fingerprint density at radius 2 is 2.00 bits per heavy atom. The first-order valence-electron chi connectivity index (χ1n) is 6.01. The molecule has 96 valence electrons. The highest BCUT2D eigenvalue weighted by molar-refractivity contribution is 5.87. The van der Waals surface area contributed by atoms with E-state index >= 15 is 0 Å². The van der Waals surface area contributed by atoms with E-state index in [0.29, 0.717) is 6.42 Å². The second-order valence-electron chi connectivity index (χ2n) is 4.50. The van der Waals surface area contributed by atoms with Crippen molar-refractivity contribution in [2.45, 2.75) is 44.2 Å². The van der Waals surface area contributed by atoms with Crippen molar-refractivity contribution in [1.82, 2.24) is 4.90 Å². The van der Waals surface area contributed by atoms with Gasteiger partial charge in [-0.05, 0) is 19.3 Å². The zero-order chi connectivity index (χ0) is 12.8. The van der Waals surface area contributed by atoms with Crippen LogP contribution in [0.3, 0.4) is 0 Å². The average molecular weight is 239 g/mol. The Labute approximate surface area is 102 Å². The number of primary amides is 1. The first-order valence-corrected chi connectivity index (χ1v) is 6.01. The van der Waals surface area contributed by atoms with Gasteiger partial charge in [-0.3, -0.25) is 9.59 Å². The van der Waals surface area contributed by atoms with Crippen molar-refractivity contribution in [1.29, 1.82) is 0 Å². The highest BCUT2D eigenvalue weighted by Gasteiger charge is 2.30. The second-order valence-corrected chi connectivity index (χ2v) is 4.50. The van der Waals surface area contributed by atoms with Crippen LogP contribution in [0.15, 0.2) is 12.7 Å². The van der Waals surface area contributed by atoms with E-state index in [1.165, 1.54) is 0 Å². The fourth-order valence-corrected chi connectivity index (χ4v) is 2.26. The summed E-state index contributed by atoms with van der Waals surface area (Å²) in [5.41, 5.74) is 10.9. The van der Waals surface area contributed by atoms with Crippen molar-refractivity contribution >= 4 is 11.8 Å². The molecule has 1 aliphatic rings. The number of nitrogens with two attached hydrogens (primary N) is 2. The lowest BCUT2D eigenvalue weighted by atomic mass is 10.1. The molecule has 1 atom stereocenters. The van der Waals surface area contributed by atoms with Crippen molar-refractivity contribution in [3.05, 3.63) is 12.7 Å². The lowest BCUT2D eigenvalue weighted by molar-refractivity contribution is -0.138. The van der Waals surface area contributed by atoms with E-state index in [1.54, 1.807) is 11.0 Å². The molecule has 0 radical (unpaired) electrons. The molecule has 1 fully saturated rings. The van der Waals surface area contributed by atoms with Gasteiger partial charge >= 0.3 is 0 Å². The van der Waals surface area contributed by atoms with Crippen LogP contribution in [0.25, 0.3) is 0 Å². The van der Waals surface area contributed by atoms with Gasteiger partial charge in [0.1, 0.15) is 0 Å². The third-order valence-electron chi connectivity index (χ3n) is 3.11. The van der Waals surface area contributed by atoms with Gasteiger partial charge in [0.05, 0.1) is 12.6 Å². The lowest BCUT2D eigenvalue weighted by Gasteiger charge is -2.29. The number of nitrogens with zero attached hydrogens (tertiary/aromatic N) is 1. The fourth-order valence-electron chi connectivity index (χ4n) is 2.26. The maximum absolute atomic E-state index is 12.1. The van der Waals surface area contributed by atoms with Crippen LogP contribution in [-0.4, -0.2) is 35.3 Å². The van der Waals surface area contributed by atoms with Gasteiger partial charge in [0.25, 0.3) is 0 Å². The molecule has 1 saturated carbocycles. The van der Waals surface area contributed by atoms with E-state index in [9.17, 15) is 9.59 Å². The van der Waals surface area contributed by atoms with Crippen molar-refractivity contribution in [2.75, 3.05) is 6.54 Å². The summed E-state index contributed by atoms with van der Waals surface area (Å²) in [6, 6.07) is -0.502. The standard InChI is InChI=1S/C12H21N3O2/c1-2-5-10(13)12(17)15(8-11(14)16)9-6-3-4-7-9/h2,9-10H,1,3-8,13H2,(H2,14,16). The summed E-state index contributed by atoms with van der Waals surface area (Å²) in [5, 5.41) is 0. The number of amides is 2. The van der Waals surface area contributed by atoms with Crippen molar-refractivity contribution in [3.63, 3.8) is 0 Å². The topological polar surface area (TPSA) is 89.4 Å². The summed E-state index contributed by atoms with van der Waals surface area (Å²) in [6.45, 7) is 3.53.